The topological polar surface area (TPSA) is 85.4 Å². The van der Waals surface area contributed by atoms with Crippen LogP contribution in [0, 0.1) is 17.8 Å². The van der Waals surface area contributed by atoms with Crippen molar-refractivity contribution in [2.24, 2.45) is 17.8 Å². The van der Waals surface area contributed by atoms with Gasteiger partial charge in [-0.05, 0) is 45.1 Å². The Morgan fingerprint density at radius 2 is 0.933 bits per heavy atom. The molecule has 8 heteroatoms. The molecule has 0 saturated heterocycles. The van der Waals surface area contributed by atoms with E-state index in [0.717, 1.165) is 58.2 Å². The summed E-state index contributed by atoms with van der Waals surface area (Å²) in [6, 6.07) is 0. The summed E-state index contributed by atoms with van der Waals surface area (Å²) in [5.41, 5.74) is 0. The average Bonchev–Trinajstić information content (AvgIpc) is 3.61. The fraction of sp³-hybridized carbons (Fsp3) is 0.864. The van der Waals surface area contributed by atoms with Crippen LogP contribution in [0.5, 0.6) is 0 Å². The quantitative estimate of drug-likeness (QED) is 0.272. The van der Waals surface area contributed by atoms with Crippen LogP contribution in [-0.2, 0) is 28.6 Å². The standard InChI is InChI=1S/C22H36N2O6/c1-2-23(11-14-28-20(25)17-3-4-17)9-10-24(12-15-29-21(26)18-5-6-18)13-16-30-22(27)19-7-8-19/h17-19H,2-16H2,1H3. The molecule has 0 heterocycles. The molecule has 0 aromatic rings. The highest BCUT2D eigenvalue weighted by atomic mass is 16.5. The van der Waals surface area contributed by atoms with Gasteiger partial charge >= 0.3 is 17.9 Å². The molecule has 0 N–H and O–H groups in total. The zero-order valence-electron chi connectivity index (χ0n) is 18.2. The van der Waals surface area contributed by atoms with E-state index < -0.39 is 0 Å². The zero-order valence-corrected chi connectivity index (χ0v) is 18.2. The minimum atomic E-state index is -0.0947. The molecule has 0 amide bonds. The first-order valence-electron chi connectivity index (χ1n) is 11.5. The largest absolute Gasteiger partial charge is 0.464 e. The van der Waals surface area contributed by atoms with E-state index in [4.69, 9.17) is 14.2 Å². The molecule has 0 radical (unpaired) electrons. The Balaban J connectivity index is 1.34. The second-order valence-corrected chi connectivity index (χ2v) is 8.60. The highest BCUT2D eigenvalue weighted by Gasteiger charge is 2.32. The lowest BCUT2D eigenvalue weighted by Crippen LogP contribution is -2.40. The zero-order chi connectivity index (χ0) is 21.3. The van der Waals surface area contributed by atoms with Crippen LogP contribution >= 0.6 is 0 Å². The molecular formula is C22H36N2O6. The van der Waals surface area contributed by atoms with E-state index in [1.165, 1.54) is 0 Å². The third kappa shape index (κ3) is 8.60. The number of carbonyl (C=O) groups is 3. The van der Waals surface area contributed by atoms with Gasteiger partial charge in [0.25, 0.3) is 0 Å². The summed E-state index contributed by atoms with van der Waals surface area (Å²) in [4.78, 5) is 39.6. The lowest BCUT2D eigenvalue weighted by Gasteiger charge is -2.26. The third-order valence-corrected chi connectivity index (χ3v) is 5.87. The van der Waals surface area contributed by atoms with Gasteiger partial charge in [0, 0.05) is 32.7 Å². The third-order valence-electron chi connectivity index (χ3n) is 5.87. The first-order valence-corrected chi connectivity index (χ1v) is 11.5. The van der Waals surface area contributed by atoms with E-state index >= 15 is 0 Å². The van der Waals surface area contributed by atoms with Crippen molar-refractivity contribution >= 4 is 17.9 Å². The molecule has 0 aromatic carbocycles. The number of likely N-dealkylation sites (N-methyl/N-ethyl adjacent to an activating group) is 1. The summed E-state index contributed by atoms with van der Waals surface area (Å²) in [5, 5.41) is 0. The molecule has 3 rings (SSSR count). The van der Waals surface area contributed by atoms with E-state index in [1.54, 1.807) is 0 Å². The van der Waals surface area contributed by atoms with Crippen molar-refractivity contribution < 1.29 is 28.6 Å². The van der Waals surface area contributed by atoms with Gasteiger partial charge in [-0.3, -0.25) is 24.2 Å². The van der Waals surface area contributed by atoms with Gasteiger partial charge in [0.2, 0.25) is 0 Å². The number of rotatable bonds is 16. The van der Waals surface area contributed by atoms with Gasteiger partial charge < -0.3 is 14.2 Å². The smallest absolute Gasteiger partial charge is 0.308 e. The van der Waals surface area contributed by atoms with E-state index in [1.807, 2.05) is 0 Å². The van der Waals surface area contributed by atoms with Gasteiger partial charge in [-0.2, -0.15) is 0 Å². The number of carbonyl (C=O) groups excluding carboxylic acids is 3. The van der Waals surface area contributed by atoms with Crippen molar-refractivity contribution in [1.82, 2.24) is 9.80 Å². The lowest BCUT2D eigenvalue weighted by atomic mass is 10.4. The molecule has 0 atom stereocenters. The maximum atomic E-state index is 11.8. The lowest BCUT2D eigenvalue weighted by molar-refractivity contribution is -0.147. The van der Waals surface area contributed by atoms with E-state index in [-0.39, 0.29) is 35.7 Å². The first-order chi connectivity index (χ1) is 14.6. The number of ether oxygens (including phenoxy) is 3. The number of nitrogens with zero attached hydrogens (tertiary/aromatic N) is 2. The predicted octanol–water partition coefficient (Wildman–Crippen LogP) is 1.47. The molecule has 3 aliphatic carbocycles. The molecule has 0 aliphatic heterocycles. The van der Waals surface area contributed by atoms with Crippen LogP contribution in [0.2, 0.25) is 0 Å². The van der Waals surface area contributed by atoms with Crippen LogP contribution < -0.4 is 0 Å². The van der Waals surface area contributed by atoms with Crippen LogP contribution in [0.15, 0.2) is 0 Å². The van der Waals surface area contributed by atoms with Crippen LogP contribution in [0.25, 0.3) is 0 Å². The van der Waals surface area contributed by atoms with E-state index in [9.17, 15) is 14.4 Å². The van der Waals surface area contributed by atoms with Gasteiger partial charge in [-0.1, -0.05) is 6.92 Å². The summed E-state index contributed by atoms with van der Waals surface area (Å²) < 4.78 is 16.1. The van der Waals surface area contributed by atoms with Gasteiger partial charge in [-0.15, -0.1) is 0 Å². The molecule has 3 fully saturated rings. The fourth-order valence-electron chi connectivity index (χ4n) is 3.18. The van der Waals surface area contributed by atoms with Gasteiger partial charge in [0.1, 0.15) is 19.8 Å². The van der Waals surface area contributed by atoms with E-state index in [2.05, 4.69) is 16.7 Å². The SMILES string of the molecule is CCN(CCOC(=O)C1CC1)CCN(CCOC(=O)C1CC1)CCOC(=O)C1CC1. The van der Waals surface area contributed by atoms with Gasteiger partial charge in [0.05, 0.1) is 17.8 Å². The Morgan fingerprint density at radius 1 is 0.600 bits per heavy atom. The Hall–Kier alpha value is -1.67. The molecule has 0 unspecified atom stereocenters. The number of hydrogen-bond acceptors (Lipinski definition) is 8. The van der Waals surface area contributed by atoms with Crippen LogP contribution in [0.1, 0.15) is 45.4 Å². The average molecular weight is 425 g/mol. The molecule has 0 aromatic heterocycles. The Kier molecular flexibility index (Phi) is 8.93. The summed E-state index contributed by atoms with van der Waals surface area (Å²) >= 11 is 0. The second kappa shape index (κ2) is 11.6. The van der Waals surface area contributed by atoms with E-state index in [0.29, 0.717) is 39.5 Å². The van der Waals surface area contributed by atoms with Gasteiger partial charge in [-0.25, -0.2) is 0 Å². The highest BCUT2D eigenvalue weighted by molar-refractivity contribution is 5.75. The molecule has 3 aliphatic rings. The maximum Gasteiger partial charge on any atom is 0.308 e. The monoisotopic (exact) mass is 424 g/mol. The van der Waals surface area contributed by atoms with Crippen LogP contribution in [0.3, 0.4) is 0 Å². The molecular weight excluding hydrogens is 388 g/mol. The van der Waals surface area contributed by atoms with Crippen molar-refractivity contribution in [1.29, 1.82) is 0 Å². The summed E-state index contributed by atoms with van der Waals surface area (Å²) in [6.07, 6.45) is 5.68. The Morgan fingerprint density at radius 3 is 1.27 bits per heavy atom. The minimum absolute atomic E-state index is 0.0670. The predicted molar refractivity (Wildman–Crippen MR) is 110 cm³/mol. The van der Waals surface area contributed by atoms with Crippen molar-refractivity contribution in [3.63, 3.8) is 0 Å². The molecule has 170 valence electrons. The molecule has 8 nitrogen and oxygen atoms in total. The normalized spacial score (nSPS) is 18.5. The fourth-order valence-corrected chi connectivity index (χ4v) is 3.18. The second-order valence-electron chi connectivity index (χ2n) is 8.60. The highest BCUT2D eigenvalue weighted by Crippen LogP contribution is 2.31. The Labute approximate surface area is 179 Å². The summed E-state index contributed by atoms with van der Waals surface area (Å²) in [6.45, 7) is 7.60. The van der Waals surface area contributed by atoms with Crippen LogP contribution in [0.4, 0.5) is 0 Å². The van der Waals surface area contributed by atoms with Crippen LogP contribution in [-0.4, -0.2) is 86.8 Å². The summed E-state index contributed by atoms with van der Waals surface area (Å²) in [7, 11) is 0. The summed E-state index contributed by atoms with van der Waals surface area (Å²) in [5.74, 6) is 0.0826. The van der Waals surface area contributed by atoms with Crippen molar-refractivity contribution in [3.05, 3.63) is 0 Å². The van der Waals surface area contributed by atoms with Gasteiger partial charge in [0.15, 0.2) is 0 Å². The van der Waals surface area contributed by atoms with Crippen molar-refractivity contribution in [2.45, 2.75) is 45.4 Å². The maximum absolute atomic E-state index is 11.8. The molecule has 0 bridgehead atoms. The first kappa shape index (κ1) is 23.0. The minimum Gasteiger partial charge on any atom is -0.464 e. The molecule has 30 heavy (non-hydrogen) atoms. The Bertz CT molecular complexity index is 556. The molecule has 3 saturated carbocycles. The molecule has 0 spiro atoms. The van der Waals surface area contributed by atoms with Crippen molar-refractivity contribution in [2.75, 3.05) is 59.1 Å². The number of esters is 3. The van der Waals surface area contributed by atoms with Crippen molar-refractivity contribution in [3.8, 4) is 0 Å². The number of hydrogen-bond donors (Lipinski definition) is 0.